The van der Waals surface area contributed by atoms with Gasteiger partial charge in [0, 0.05) is 38.9 Å². The predicted molar refractivity (Wildman–Crippen MR) is 61.0 cm³/mol. The topological polar surface area (TPSA) is 50.2 Å². The number of nitrogens with one attached hydrogen (secondary N) is 1. The molecule has 1 aromatic rings. The second-order valence-electron chi connectivity index (χ2n) is 4.34. The van der Waals surface area contributed by atoms with E-state index in [0.717, 1.165) is 25.2 Å². The van der Waals surface area contributed by atoms with Gasteiger partial charge < -0.3 is 10.2 Å². The van der Waals surface area contributed by atoms with Gasteiger partial charge in [-0.2, -0.15) is 5.10 Å². The third kappa shape index (κ3) is 2.41. The lowest BCUT2D eigenvalue weighted by Gasteiger charge is -2.34. The van der Waals surface area contributed by atoms with E-state index in [1.165, 1.54) is 0 Å². The number of carbonyl (C=O) groups excluding carboxylic acids is 1. The quantitative estimate of drug-likeness (QED) is 0.753. The summed E-state index contributed by atoms with van der Waals surface area (Å²) in [5.41, 5.74) is 0.984. The maximum atomic E-state index is 12.0. The average molecular weight is 222 g/mol. The number of rotatable bonds is 2. The van der Waals surface area contributed by atoms with Crippen LogP contribution < -0.4 is 5.32 Å². The SMILES string of the molecule is C[C@@H]1CNCCN1C(=O)Cc1cnn(C)c1. The van der Waals surface area contributed by atoms with Crippen LogP contribution in [0.1, 0.15) is 12.5 Å². The standard InChI is InChI=1S/C11H18N4O/c1-9-6-12-3-4-15(9)11(16)5-10-7-13-14(2)8-10/h7-9,12H,3-6H2,1-2H3/t9-/m1/s1. The summed E-state index contributed by atoms with van der Waals surface area (Å²) in [6, 6.07) is 0.290. The molecule has 1 aliphatic rings. The first-order valence-corrected chi connectivity index (χ1v) is 5.64. The zero-order chi connectivity index (χ0) is 11.5. The Labute approximate surface area is 95.4 Å². The minimum atomic E-state index is 0.196. The van der Waals surface area contributed by atoms with E-state index in [1.807, 2.05) is 18.1 Å². The van der Waals surface area contributed by atoms with Crippen molar-refractivity contribution in [3.8, 4) is 0 Å². The predicted octanol–water partition coefficient (Wildman–Crippen LogP) is -0.217. The summed E-state index contributed by atoms with van der Waals surface area (Å²) in [6.45, 7) is 4.66. The fraction of sp³-hybridized carbons (Fsp3) is 0.636. The molecule has 2 rings (SSSR count). The molecule has 1 saturated heterocycles. The van der Waals surface area contributed by atoms with Crippen molar-refractivity contribution in [3.63, 3.8) is 0 Å². The van der Waals surface area contributed by atoms with Gasteiger partial charge in [0.2, 0.25) is 5.91 Å². The zero-order valence-corrected chi connectivity index (χ0v) is 9.81. The monoisotopic (exact) mass is 222 g/mol. The highest BCUT2D eigenvalue weighted by atomic mass is 16.2. The molecule has 1 fully saturated rings. The van der Waals surface area contributed by atoms with Gasteiger partial charge in [-0.15, -0.1) is 0 Å². The summed E-state index contributed by atoms with van der Waals surface area (Å²) < 4.78 is 1.73. The minimum Gasteiger partial charge on any atom is -0.337 e. The van der Waals surface area contributed by atoms with Crippen molar-refractivity contribution in [1.82, 2.24) is 20.0 Å². The Balaban J connectivity index is 1.96. The highest BCUT2D eigenvalue weighted by Crippen LogP contribution is 2.07. The summed E-state index contributed by atoms with van der Waals surface area (Å²) in [5.74, 6) is 0.196. The van der Waals surface area contributed by atoms with Crippen molar-refractivity contribution in [2.24, 2.45) is 7.05 Å². The van der Waals surface area contributed by atoms with Gasteiger partial charge >= 0.3 is 0 Å². The molecule has 1 N–H and O–H groups in total. The zero-order valence-electron chi connectivity index (χ0n) is 9.81. The van der Waals surface area contributed by atoms with Crippen LogP contribution in [-0.2, 0) is 18.3 Å². The number of hydrogen-bond acceptors (Lipinski definition) is 3. The average Bonchev–Trinajstić information content (AvgIpc) is 2.64. The molecule has 5 nitrogen and oxygen atoms in total. The van der Waals surface area contributed by atoms with E-state index in [1.54, 1.807) is 10.9 Å². The first-order chi connectivity index (χ1) is 7.66. The van der Waals surface area contributed by atoms with Crippen LogP contribution in [0.25, 0.3) is 0 Å². The van der Waals surface area contributed by atoms with Crippen LogP contribution in [-0.4, -0.2) is 46.3 Å². The van der Waals surface area contributed by atoms with Gasteiger partial charge in [0.05, 0.1) is 12.6 Å². The van der Waals surface area contributed by atoms with E-state index in [0.29, 0.717) is 6.42 Å². The Bertz CT molecular complexity index is 374. The van der Waals surface area contributed by atoms with Crippen molar-refractivity contribution in [1.29, 1.82) is 0 Å². The summed E-state index contributed by atoms with van der Waals surface area (Å²) in [4.78, 5) is 14.0. The molecule has 0 radical (unpaired) electrons. The maximum Gasteiger partial charge on any atom is 0.227 e. The lowest BCUT2D eigenvalue weighted by atomic mass is 10.1. The van der Waals surface area contributed by atoms with Crippen LogP contribution in [0.3, 0.4) is 0 Å². The van der Waals surface area contributed by atoms with E-state index in [-0.39, 0.29) is 11.9 Å². The lowest BCUT2D eigenvalue weighted by molar-refractivity contribution is -0.133. The van der Waals surface area contributed by atoms with Gasteiger partial charge in [-0.25, -0.2) is 0 Å². The third-order valence-corrected chi connectivity index (χ3v) is 2.94. The largest absolute Gasteiger partial charge is 0.337 e. The fourth-order valence-corrected chi connectivity index (χ4v) is 2.05. The molecule has 1 atom stereocenters. The molecule has 0 bridgehead atoms. The van der Waals surface area contributed by atoms with Crippen LogP contribution in [0.15, 0.2) is 12.4 Å². The smallest absolute Gasteiger partial charge is 0.227 e. The van der Waals surface area contributed by atoms with Gasteiger partial charge in [-0.1, -0.05) is 0 Å². The molecule has 16 heavy (non-hydrogen) atoms. The first-order valence-electron chi connectivity index (χ1n) is 5.64. The Kier molecular flexibility index (Phi) is 3.24. The Morgan fingerprint density at radius 1 is 1.69 bits per heavy atom. The van der Waals surface area contributed by atoms with Crippen molar-refractivity contribution < 1.29 is 4.79 Å². The molecular formula is C11H18N4O. The Morgan fingerprint density at radius 2 is 2.50 bits per heavy atom. The maximum absolute atomic E-state index is 12.0. The number of hydrogen-bond donors (Lipinski definition) is 1. The van der Waals surface area contributed by atoms with Crippen LogP contribution in [0.5, 0.6) is 0 Å². The van der Waals surface area contributed by atoms with Crippen LogP contribution >= 0.6 is 0 Å². The van der Waals surface area contributed by atoms with Crippen molar-refractivity contribution in [3.05, 3.63) is 18.0 Å². The Morgan fingerprint density at radius 3 is 3.12 bits per heavy atom. The number of nitrogens with zero attached hydrogens (tertiary/aromatic N) is 3. The molecule has 1 aromatic heterocycles. The lowest BCUT2D eigenvalue weighted by Crippen LogP contribution is -2.52. The summed E-state index contributed by atoms with van der Waals surface area (Å²) in [5, 5.41) is 7.34. The number of carbonyl (C=O) groups is 1. The second-order valence-corrected chi connectivity index (χ2v) is 4.34. The highest BCUT2D eigenvalue weighted by molar-refractivity contribution is 5.79. The van der Waals surface area contributed by atoms with Crippen molar-refractivity contribution in [2.45, 2.75) is 19.4 Å². The number of amides is 1. The highest BCUT2D eigenvalue weighted by Gasteiger charge is 2.22. The van der Waals surface area contributed by atoms with E-state index < -0.39 is 0 Å². The fourth-order valence-electron chi connectivity index (χ4n) is 2.05. The normalized spacial score (nSPS) is 21.1. The minimum absolute atomic E-state index is 0.196. The van der Waals surface area contributed by atoms with E-state index in [4.69, 9.17) is 0 Å². The molecule has 0 spiro atoms. The summed E-state index contributed by atoms with van der Waals surface area (Å²) in [6.07, 6.45) is 4.10. The van der Waals surface area contributed by atoms with Crippen molar-refractivity contribution >= 4 is 5.91 Å². The van der Waals surface area contributed by atoms with Crippen molar-refractivity contribution in [2.75, 3.05) is 19.6 Å². The molecule has 0 aromatic carbocycles. The number of aromatic nitrogens is 2. The van der Waals surface area contributed by atoms with E-state index in [9.17, 15) is 4.79 Å². The van der Waals surface area contributed by atoms with Gasteiger partial charge in [0.15, 0.2) is 0 Å². The van der Waals surface area contributed by atoms with Gasteiger partial charge in [0.1, 0.15) is 0 Å². The molecule has 0 saturated carbocycles. The number of piperazine rings is 1. The van der Waals surface area contributed by atoms with Crippen LogP contribution in [0.2, 0.25) is 0 Å². The third-order valence-electron chi connectivity index (χ3n) is 2.94. The Hall–Kier alpha value is -1.36. The molecule has 0 aliphatic carbocycles. The number of aryl methyl sites for hydroxylation is 1. The summed E-state index contributed by atoms with van der Waals surface area (Å²) in [7, 11) is 1.86. The molecule has 0 unspecified atom stereocenters. The van der Waals surface area contributed by atoms with Crippen LogP contribution in [0, 0.1) is 0 Å². The molecule has 2 heterocycles. The van der Waals surface area contributed by atoms with Gasteiger partial charge in [-0.05, 0) is 12.5 Å². The molecule has 5 heteroatoms. The summed E-state index contributed by atoms with van der Waals surface area (Å²) >= 11 is 0. The first kappa shape index (κ1) is 11.1. The molecule has 88 valence electrons. The molecular weight excluding hydrogens is 204 g/mol. The molecule has 1 aliphatic heterocycles. The second kappa shape index (κ2) is 4.65. The van der Waals surface area contributed by atoms with Gasteiger partial charge in [-0.3, -0.25) is 9.48 Å². The molecule has 1 amide bonds. The van der Waals surface area contributed by atoms with E-state index in [2.05, 4.69) is 17.3 Å². The van der Waals surface area contributed by atoms with Crippen LogP contribution in [0.4, 0.5) is 0 Å². The van der Waals surface area contributed by atoms with E-state index >= 15 is 0 Å². The van der Waals surface area contributed by atoms with Gasteiger partial charge in [0.25, 0.3) is 0 Å².